The van der Waals surface area contributed by atoms with E-state index >= 15 is 0 Å². The number of anilines is 1. The maximum absolute atomic E-state index is 13.8. The minimum Gasteiger partial charge on any atom is -0.478 e. The lowest BCUT2D eigenvalue weighted by Gasteiger charge is -2.57. The van der Waals surface area contributed by atoms with Crippen LogP contribution in [0.2, 0.25) is 5.02 Å². The van der Waals surface area contributed by atoms with E-state index in [-0.39, 0.29) is 11.2 Å². The van der Waals surface area contributed by atoms with Crippen LogP contribution in [-0.4, -0.2) is 12.0 Å². The predicted octanol–water partition coefficient (Wildman–Crippen LogP) is 7.27. The van der Waals surface area contributed by atoms with Crippen molar-refractivity contribution < 1.29 is 9.53 Å². The van der Waals surface area contributed by atoms with Gasteiger partial charge in [0.15, 0.2) is 0 Å². The molecule has 1 fully saturated rings. The van der Waals surface area contributed by atoms with Crippen LogP contribution in [0, 0.1) is 0 Å². The Morgan fingerprint density at radius 3 is 2.21 bits per heavy atom. The fourth-order valence-electron chi connectivity index (χ4n) is 5.09. The first kappa shape index (κ1) is 21.3. The molecule has 4 aromatic carbocycles. The van der Waals surface area contributed by atoms with Crippen molar-refractivity contribution in [2.45, 2.75) is 28.2 Å². The molecule has 0 saturated carbocycles. The first-order valence-corrected chi connectivity index (χ1v) is 12.5. The summed E-state index contributed by atoms with van der Waals surface area (Å²) in [5, 5.41) is 0.805. The van der Waals surface area contributed by atoms with Gasteiger partial charge in [-0.1, -0.05) is 84.4 Å². The van der Waals surface area contributed by atoms with Crippen molar-refractivity contribution in [2.75, 3.05) is 4.90 Å². The summed E-state index contributed by atoms with van der Waals surface area (Å²) in [4.78, 5) is 16.8. The quantitative estimate of drug-likeness (QED) is 0.286. The normalized spacial score (nSPS) is 23.3. The molecule has 2 heterocycles. The van der Waals surface area contributed by atoms with Crippen LogP contribution in [0.25, 0.3) is 0 Å². The molecule has 1 amide bonds. The molecule has 1 saturated heterocycles. The minimum atomic E-state index is -0.669. The first-order valence-electron chi connectivity index (χ1n) is 11.3. The van der Waals surface area contributed by atoms with Gasteiger partial charge in [0.1, 0.15) is 11.3 Å². The van der Waals surface area contributed by atoms with Gasteiger partial charge < -0.3 is 4.74 Å². The van der Waals surface area contributed by atoms with E-state index in [1.807, 2.05) is 95.5 Å². The second kappa shape index (κ2) is 8.53. The van der Waals surface area contributed by atoms with E-state index in [0.717, 1.165) is 16.1 Å². The number of benzene rings is 4. The molecule has 0 spiro atoms. The van der Waals surface area contributed by atoms with Crippen molar-refractivity contribution >= 4 is 35.0 Å². The Bertz CT molecular complexity index is 1330. The van der Waals surface area contributed by atoms with E-state index in [1.165, 1.54) is 5.56 Å². The Kier molecular flexibility index (Phi) is 5.35. The van der Waals surface area contributed by atoms with Crippen molar-refractivity contribution in [2.24, 2.45) is 0 Å². The van der Waals surface area contributed by atoms with Gasteiger partial charge in [0.25, 0.3) is 5.91 Å². The molecule has 4 aromatic rings. The zero-order chi connectivity index (χ0) is 23.1. The molecule has 0 aromatic heterocycles. The Labute approximate surface area is 208 Å². The molecule has 168 valence electrons. The van der Waals surface area contributed by atoms with Gasteiger partial charge >= 0.3 is 0 Å². The molecule has 34 heavy (non-hydrogen) atoms. The molecule has 3 atom stereocenters. The molecule has 3 nitrogen and oxygen atoms in total. The summed E-state index contributed by atoms with van der Waals surface area (Å²) in [6.07, 6.45) is 0.0652. The number of rotatable bonds is 4. The van der Waals surface area contributed by atoms with E-state index in [1.54, 1.807) is 0 Å². The topological polar surface area (TPSA) is 29.5 Å². The highest BCUT2D eigenvalue weighted by molar-refractivity contribution is 7.99. The highest BCUT2D eigenvalue weighted by atomic mass is 35.5. The number of amides is 1. The molecule has 0 aliphatic carbocycles. The number of ether oxygens (including phenoxy) is 1. The smallest absolute Gasteiger partial charge is 0.271 e. The molecule has 2 aliphatic rings. The fourth-order valence-corrected chi connectivity index (χ4v) is 6.59. The summed E-state index contributed by atoms with van der Waals surface area (Å²) in [5.74, 6) is 0.663. The second-order valence-electron chi connectivity index (χ2n) is 8.60. The number of hydrogen-bond donors (Lipinski definition) is 0. The van der Waals surface area contributed by atoms with Crippen LogP contribution in [0.4, 0.5) is 5.69 Å². The molecular formula is C29H22ClNO2S. The predicted molar refractivity (Wildman–Crippen MR) is 138 cm³/mol. The number of halogens is 1. The van der Waals surface area contributed by atoms with E-state index in [0.29, 0.717) is 17.2 Å². The van der Waals surface area contributed by atoms with Gasteiger partial charge in [-0.15, -0.1) is 11.8 Å². The molecule has 0 unspecified atom stereocenters. The van der Waals surface area contributed by atoms with Gasteiger partial charge in [0.05, 0.1) is 5.69 Å². The zero-order valence-electron chi connectivity index (χ0n) is 18.3. The van der Waals surface area contributed by atoms with Crippen LogP contribution in [0.1, 0.15) is 22.8 Å². The summed E-state index contributed by atoms with van der Waals surface area (Å²) >= 11 is 8.08. The average molecular weight is 484 g/mol. The highest BCUT2D eigenvalue weighted by Gasteiger charge is 2.65. The number of β-lactam (4-membered cyclic amide) rings is 1. The first-order chi connectivity index (χ1) is 16.7. The van der Waals surface area contributed by atoms with Crippen molar-refractivity contribution in [3.63, 3.8) is 0 Å². The van der Waals surface area contributed by atoms with Crippen molar-refractivity contribution in [3.8, 4) is 5.75 Å². The number of fused-ring (bicyclic) bond motifs is 3. The Hall–Kier alpha value is -3.21. The summed E-state index contributed by atoms with van der Waals surface area (Å²) < 4.78 is 6.44. The van der Waals surface area contributed by atoms with E-state index < -0.39 is 11.6 Å². The Balaban J connectivity index is 1.55. The summed E-state index contributed by atoms with van der Waals surface area (Å²) in [6, 6.07) is 36.1. The Morgan fingerprint density at radius 2 is 1.47 bits per heavy atom. The number of nitrogens with zero attached hydrogens (tertiary/aromatic N) is 1. The molecule has 0 radical (unpaired) electrons. The zero-order valence-corrected chi connectivity index (χ0v) is 19.9. The third-order valence-electron chi connectivity index (χ3n) is 6.66. The highest BCUT2D eigenvalue weighted by Crippen LogP contribution is 2.59. The standard InChI is InChI=1S/C29H22ClNO2S/c30-22-17-15-21(16-18-22)29-19-26(20-9-3-1-4-10-20)34-25-14-8-7-13-24(25)31(29)28(32)27(29)33-23-11-5-2-6-12-23/h1-18,26-27H,19H2/t26-,27-,29+/m1/s1. The SMILES string of the molecule is O=C1[C@@H](Oc2ccccc2)[C@@]2(c3ccc(Cl)cc3)C[C@H](c3ccccc3)Sc3ccccc3N12. The van der Waals surface area contributed by atoms with Crippen LogP contribution in [0.15, 0.2) is 114 Å². The molecule has 0 N–H and O–H groups in total. The van der Waals surface area contributed by atoms with Crippen LogP contribution in [0.3, 0.4) is 0 Å². The molecule has 2 aliphatic heterocycles. The average Bonchev–Trinajstić information content (AvgIpc) is 3.02. The summed E-state index contributed by atoms with van der Waals surface area (Å²) in [7, 11) is 0. The summed E-state index contributed by atoms with van der Waals surface area (Å²) in [5.41, 5.74) is 2.52. The van der Waals surface area contributed by atoms with Crippen LogP contribution >= 0.6 is 23.4 Å². The number of carbonyl (C=O) groups excluding carboxylic acids is 1. The third-order valence-corrected chi connectivity index (χ3v) is 8.24. The van der Waals surface area contributed by atoms with Crippen LogP contribution in [0.5, 0.6) is 5.75 Å². The molecule has 5 heteroatoms. The van der Waals surface area contributed by atoms with E-state index in [9.17, 15) is 4.79 Å². The monoisotopic (exact) mass is 483 g/mol. The van der Waals surface area contributed by atoms with Crippen LogP contribution < -0.4 is 9.64 Å². The maximum atomic E-state index is 13.8. The largest absolute Gasteiger partial charge is 0.478 e. The fraction of sp³-hybridized carbons (Fsp3) is 0.138. The van der Waals surface area contributed by atoms with Crippen LogP contribution in [-0.2, 0) is 10.3 Å². The minimum absolute atomic E-state index is 0.0273. The van der Waals surface area contributed by atoms with Gasteiger partial charge in [0.2, 0.25) is 6.10 Å². The van der Waals surface area contributed by atoms with Crippen molar-refractivity contribution in [3.05, 3.63) is 125 Å². The van der Waals surface area contributed by atoms with Gasteiger partial charge in [-0.2, -0.15) is 0 Å². The molecule has 6 rings (SSSR count). The molecular weight excluding hydrogens is 462 g/mol. The number of carbonyl (C=O) groups is 1. The number of hydrogen-bond acceptors (Lipinski definition) is 3. The second-order valence-corrected chi connectivity index (χ2v) is 10.3. The van der Waals surface area contributed by atoms with Gasteiger partial charge in [-0.3, -0.25) is 9.69 Å². The van der Waals surface area contributed by atoms with Crippen molar-refractivity contribution in [1.29, 1.82) is 0 Å². The van der Waals surface area contributed by atoms with E-state index in [2.05, 4.69) is 30.3 Å². The number of thioether (sulfide) groups is 1. The van der Waals surface area contributed by atoms with Gasteiger partial charge in [0, 0.05) is 15.2 Å². The lowest BCUT2D eigenvalue weighted by Crippen LogP contribution is -2.74. The maximum Gasteiger partial charge on any atom is 0.271 e. The summed E-state index contributed by atoms with van der Waals surface area (Å²) in [6.45, 7) is 0. The van der Waals surface area contributed by atoms with E-state index in [4.69, 9.17) is 16.3 Å². The third kappa shape index (κ3) is 3.41. The van der Waals surface area contributed by atoms with Gasteiger partial charge in [-0.25, -0.2) is 0 Å². The number of para-hydroxylation sites is 2. The van der Waals surface area contributed by atoms with Gasteiger partial charge in [-0.05, 0) is 53.9 Å². The lowest BCUT2D eigenvalue weighted by molar-refractivity contribution is -0.142. The lowest BCUT2D eigenvalue weighted by atomic mass is 9.70. The molecule has 0 bridgehead atoms. The van der Waals surface area contributed by atoms with Crippen molar-refractivity contribution in [1.82, 2.24) is 0 Å². The Morgan fingerprint density at radius 1 is 0.824 bits per heavy atom.